The summed E-state index contributed by atoms with van der Waals surface area (Å²) >= 11 is 6.06. The van der Waals surface area contributed by atoms with Crippen molar-refractivity contribution in [1.82, 2.24) is 5.32 Å². The Kier molecular flexibility index (Phi) is 6.34. The van der Waals surface area contributed by atoms with Crippen molar-refractivity contribution in [2.75, 3.05) is 17.2 Å². The van der Waals surface area contributed by atoms with E-state index in [4.69, 9.17) is 16.0 Å². The van der Waals surface area contributed by atoms with Gasteiger partial charge in [-0.3, -0.25) is 9.59 Å². The highest BCUT2D eigenvalue weighted by Gasteiger charge is 2.08. The molecule has 6 nitrogen and oxygen atoms in total. The van der Waals surface area contributed by atoms with Crippen LogP contribution in [0, 0.1) is 6.92 Å². The molecule has 0 saturated carbocycles. The van der Waals surface area contributed by atoms with Crippen molar-refractivity contribution < 1.29 is 14.0 Å². The number of furan rings is 1. The summed E-state index contributed by atoms with van der Waals surface area (Å²) in [5.74, 6) is 0.238. The lowest BCUT2D eigenvalue weighted by molar-refractivity contribution is -0.114. The van der Waals surface area contributed by atoms with Crippen molar-refractivity contribution in [1.29, 1.82) is 0 Å². The summed E-state index contributed by atoms with van der Waals surface area (Å²) < 4.78 is 5.19. The molecule has 0 aliphatic carbocycles. The van der Waals surface area contributed by atoms with Crippen LogP contribution in [0.25, 0.3) is 0 Å². The first-order valence-electron chi connectivity index (χ1n) is 8.72. The van der Waals surface area contributed by atoms with Gasteiger partial charge in [0.05, 0.1) is 19.4 Å². The van der Waals surface area contributed by atoms with E-state index in [0.29, 0.717) is 34.3 Å². The van der Waals surface area contributed by atoms with Gasteiger partial charge in [0, 0.05) is 22.0 Å². The average Bonchev–Trinajstić information content (AvgIpc) is 3.21. The van der Waals surface area contributed by atoms with E-state index < -0.39 is 0 Å². The Morgan fingerprint density at radius 2 is 1.89 bits per heavy atom. The molecule has 0 fully saturated rings. The molecule has 0 atom stereocenters. The fourth-order valence-corrected chi connectivity index (χ4v) is 2.69. The fourth-order valence-electron chi connectivity index (χ4n) is 2.51. The summed E-state index contributed by atoms with van der Waals surface area (Å²) in [4.78, 5) is 24.4. The number of carbonyl (C=O) groups is 2. The molecule has 2 aromatic carbocycles. The maximum atomic E-state index is 12.3. The number of benzene rings is 2. The highest BCUT2D eigenvalue weighted by molar-refractivity contribution is 6.31. The molecule has 144 valence electrons. The lowest BCUT2D eigenvalue weighted by atomic mass is 10.2. The molecule has 7 heteroatoms. The molecular formula is C21H20ClN3O3. The Morgan fingerprint density at radius 1 is 1.04 bits per heavy atom. The van der Waals surface area contributed by atoms with Crippen molar-refractivity contribution >= 4 is 34.8 Å². The zero-order chi connectivity index (χ0) is 19.9. The topological polar surface area (TPSA) is 83.4 Å². The molecule has 1 heterocycles. The molecule has 1 aromatic heterocycles. The number of anilines is 2. The van der Waals surface area contributed by atoms with Crippen molar-refractivity contribution in [3.05, 3.63) is 82.8 Å². The van der Waals surface area contributed by atoms with Gasteiger partial charge < -0.3 is 20.4 Å². The van der Waals surface area contributed by atoms with Crippen LogP contribution in [0.5, 0.6) is 0 Å². The summed E-state index contributed by atoms with van der Waals surface area (Å²) in [6.07, 6.45) is 1.56. The van der Waals surface area contributed by atoms with Crippen LogP contribution in [-0.4, -0.2) is 18.4 Å². The summed E-state index contributed by atoms with van der Waals surface area (Å²) in [5.41, 5.74) is 2.73. The first kappa shape index (κ1) is 19.5. The van der Waals surface area contributed by atoms with Crippen LogP contribution >= 0.6 is 11.6 Å². The monoisotopic (exact) mass is 397 g/mol. The van der Waals surface area contributed by atoms with Gasteiger partial charge in [-0.1, -0.05) is 23.7 Å². The number of carbonyl (C=O) groups excluding carboxylic acids is 2. The van der Waals surface area contributed by atoms with Crippen LogP contribution in [0.2, 0.25) is 5.02 Å². The zero-order valence-electron chi connectivity index (χ0n) is 15.3. The smallest absolute Gasteiger partial charge is 0.251 e. The van der Waals surface area contributed by atoms with Gasteiger partial charge in [-0.25, -0.2) is 0 Å². The van der Waals surface area contributed by atoms with Gasteiger partial charge in [0.25, 0.3) is 5.91 Å². The molecular weight excluding hydrogens is 378 g/mol. The van der Waals surface area contributed by atoms with Crippen LogP contribution in [0.1, 0.15) is 21.7 Å². The lowest BCUT2D eigenvalue weighted by Gasteiger charge is -2.10. The third-order valence-electron chi connectivity index (χ3n) is 4.04. The molecule has 3 N–H and O–H groups in total. The number of nitrogens with one attached hydrogen (secondary N) is 3. The third-order valence-corrected chi connectivity index (χ3v) is 4.44. The minimum Gasteiger partial charge on any atom is -0.467 e. The molecule has 0 aliphatic rings. The number of rotatable bonds is 7. The van der Waals surface area contributed by atoms with Crippen LogP contribution in [0.4, 0.5) is 11.4 Å². The second kappa shape index (κ2) is 9.10. The van der Waals surface area contributed by atoms with Crippen LogP contribution in [0.3, 0.4) is 0 Å². The molecule has 2 amide bonds. The average molecular weight is 398 g/mol. The van der Waals surface area contributed by atoms with E-state index in [9.17, 15) is 9.59 Å². The van der Waals surface area contributed by atoms with Gasteiger partial charge in [-0.15, -0.1) is 0 Å². The van der Waals surface area contributed by atoms with E-state index in [0.717, 1.165) is 5.56 Å². The zero-order valence-corrected chi connectivity index (χ0v) is 16.0. The van der Waals surface area contributed by atoms with Gasteiger partial charge in [0.1, 0.15) is 5.76 Å². The SMILES string of the molecule is Cc1ccc(NC(=O)CNc2cccc(C(=O)NCc3ccco3)c2)cc1Cl. The minimum atomic E-state index is -0.223. The molecule has 0 bridgehead atoms. The quantitative estimate of drug-likeness (QED) is 0.557. The largest absolute Gasteiger partial charge is 0.467 e. The predicted molar refractivity (Wildman–Crippen MR) is 110 cm³/mol. The van der Waals surface area contributed by atoms with Gasteiger partial charge in [-0.05, 0) is 55.0 Å². The van der Waals surface area contributed by atoms with Crippen molar-refractivity contribution in [2.24, 2.45) is 0 Å². The summed E-state index contributed by atoms with van der Waals surface area (Å²) in [7, 11) is 0. The molecule has 0 aliphatic heterocycles. The standard InChI is InChI=1S/C21H20ClN3O3/c1-14-7-8-17(11-19(14)22)25-20(26)13-23-16-5-2-4-15(10-16)21(27)24-12-18-6-3-9-28-18/h2-11,23H,12-13H2,1H3,(H,24,27)(H,25,26). The first-order chi connectivity index (χ1) is 13.5. The Morgan fingerprint density at radius 3 is 2.64 bits per heavy atom. The van der Waals surface area contributed by atoms with E-state index in [-0.39, 0.29) is 18.4 Å². The van der Waals surface area contributed by atoms with Gasteiger partial charge in [0.15, 0.2) is 0 Å². The molecule has 3 aromatic rings. The van der Waals surface area contributed by atoms with Crippen LogP contribution in [-0.2, 0) is 11.3 Å². The van der Waals surface area contributed by atoms with Gasteiger partial charge >= 0.3 is 0 Å². The molecule has 0 unspecified atom stereocenters. The van der Waals surface area contributed by atoms with Crippen LogP contribution in [0.15, 0.2) is 65.3 Å². The number of amides is 2. The maximum Gasteiger partial charge on any atom is 0.251 e. The maximum absolute atomic E-state index is 12.3. The normalized spacial score (nSPS) is 10.4. The summed E-state index contributed by atoms with van der Waals surface area (Å²) in [5, 5.41) is 9.17. The van der Waals surface area contributed by atoms with Crippen LogP contribution < -0.4 is 16.0 Å². The van der Waals surface area contributed by atoms with Crippen molar-refractivity contribution in [2.45, 2.75) is 13.5 Å². The summed E-state index contributed by atoms with van der Waals surface area (Å²) in [6.45, 7) is 2.27. The molecule has 0 radical (unpaired) electrons. The molecule has 0 saturated heterocycles. The second-order valence-electron chi connectivity index (χ2n) is 6.21. The lowest BCUT2D eigenvalue weighted by Crippen LogP contribution is -2.23. The first-order valence-corrected chi connectivity index (χ1v) is 9.09. The Labute approximate surface area is 167 Å². The minimum absolute atomic E-state index is 0.0585. The molecule has 28 heavy (non-hydrogen) atoms. The highest BCUT2D eigenvalue weighted by atomic mass is 35.5. The highest BCUT2D eigenvalue weighted by Crippen LogP contribution is 2.20. The van der Waals surface area contributed by atoms with Crippen molar-refractivity contribution in [3.8, 4) is 0 Å². The van der Waals surface area contributed by atoms with E-state index >= 15 is 0 Å². The van der Waals surface area contributed by atoms with Crippen molar-refractivity contribution in [3.63, 3.8) is 0 Å². The predicted octanol–water partition coefficient (Wildman–Crippen LogP) is 4.22. The fraction of sp³-hybridized carbons (Fsp3) is 0.143. The third kappa shape index (κ3) is 5.37. The van der Waals surface area contributed by atoms with Gasteiger partial charge in [-0.2, -0.15) is 0 Å². The Hall–Kier alpha value is -3.25. The molecule has 3 rings (SSSR count). The summed E-state index contributed by atoms with van der Waals surface area (Å²) in [6, 6.07) is 15.8. The number of aryl methyl sites for hydroxylation is 1. The number of halogens is 1. The van der Waals surface area contributed by atoms with E-state index in [2.05, 4.69) is 16.0 Å². The second-order valence-corrected chi connectivity index (χ2v) is 6.62. The van der Waals surface area contributed by atoms with E-state index in [1.54, 1.807) is 54.8 Å². The molecule has 0 spiro atoms. The van der Waals surface area contributed by atoms with E-state index in [1.807, 2.05) is 13.0 Å². The number of hydrogen-bond acceptors (Lipinski definition) is 4. The van der Waals surface area contributed by atoms with E-state index in [1.165, 1.54) is 0 Å². The number of hydrogen-bond donors (Lipinski definition) is 3. The Bertz CT molecular complexity index is 971. The Balaban J connectivity index is 1.52. The van der Waals surface area contributed by atoms with Gasteiger partial charge in [0.2, 0.25) is 5.91 Å².